The van der Waals surface area contributed by atoms with E-state index in [1.807, 2.05) is 13.8 Å². The molecule has 0 aromatic rings. The summed E-state index contributed by atoms with van der Waals surface area (Å²) in [5.41, 5.74) is 4.83. The maximum absolute atomic E-state index is 12.1. The maximum atomic E-state index is 12.1. The first-order valence-corrected chi connectivity index (χ1v) is 52.8. The summed E-state index contributed by atoms with van der Waals surface area (Å²) >= 11 is 0. The highest BCUT2D eigenvalue weighted by atomic mass is 32.2. The minimum absolute atomic E-state index is 0.101. The predicted octanol–water partition coefficient (Wildman–Crippen LogP) is 31.3. The van der Waals surface area contributed by atoms with Crippen molar-refractivity contribution in [1.29, 1.82) is 0 Å². The summed E-state index contributed by atoms with van der Waals surface area (Å²) < 4.78 is 47.8. The van der Waals surface area contributed by atoms with Crippen molar-refractivity contribution in [3.63, 3.8) is 0 Å². The third kappa shape index (κ3) is 44.0. The number of likely N-dealkylation sites (tertiary alicyclic amines) is 3. The van der Waals surface area contributed by atoms with Crippen LogP contribution in [0.4, 0.5) is 0 Å². The van der Waals surface area contributed by atoms with Gasteiger partial charge < -0.3 is 14.7 Å². The van der Waals surface area contributed by atoms with Crippen molar-refractivity contribution >= 4 is 19.7 Å². The Hall–Kier alpha value is -0.220. The van der Waals surface area contributed by atoms with Gasteiger partial charge in [-0.25, -0.2) is 16.8 Å². The zero-order chi connectivity index (χ0) is 89.7. The van der Waals surface area contributed by atoms with Crippen molar-refractivity contribution in [1.82, 2.24) is 14.7 Å². The lowest BCUT2D eigenvalue weighted by atomic mass is 9.63. The largest absolute Gasteiger partial charge is 0.301 e. The van der Waals surface area contributed by atoms with Gasteiger partial charge in [0.15, 0.2) is 19.7 Å². The molecule has 0 aromatic heterocycles. The van der Waals surface area contributed by atoms with Crippen molar-refractivity contribution in [3.8, 4) is 0 Å². The van der Waals surface area contributed by atoms with Gasteiger partial charge in [0, 0.05) is 31.2 Å². The first kappa shape index (κ1) is 113. The van der Waals surface area contributed by atoms with Crippen LogP contribution in [-0.4, -0.2) is 111 Å². The molecule has 0 spiro atoms. The van der Waals surface area contributed by atoms with Crippen molar-refractivity contribution in [2.75, 3.05) is 56.5 Å². The number of hydrogen-bond donors (Lipinski definition) is 0. The van der Waals surface area contributed by atoms with Crippen molar-refractivity contribution in [2.45, 2.75) is 482 Å². The van der Waals surface area contributed by atoms with Crippen LogP contribution in [0.1, 0.15) is 458 Å². The molecule has 0 bridgehead atoms. The van der Waals surface area contributed by atoms with Crippen LogP contribution in [-0.2, 0) is 19.7 Å². The van der Waals surface area contributed by atoms with Gasteiger partial charge in [0.25, 0.3) is 0 Å². The number of piperidine rings is 1. The number of hydrogen-bond acceptors (Lipinski definition) is 7. The zero-order valence-electron chi connectivity index (χ0n) is 86.7. The van der Waals surface area contributed by atoms with Gasteiger partial charge in [-0.15, -0.1) is 0 Å². The monoisotopic (exact) mass is 1660 g/mol. The normalized spacial score (nSPS) is 29.3. The fourth-order valence-corrected chi connectivity index (χ4v) is 26.0. The van der Waals surface area contributed by atoms with Crippen molar-refractivity contribution in [3.05, 3.63) is 0 Å². The second-order valence-corrected chi connectivity index (χ2v) is 57.7. The summed E-state index contributed by atoms with van der Waals surface area (Å²) in [7, 11) is -5.66. The van der Waals surface area contributed by atoms with E-state index in [0.717, 1.165) is 90.6 Å². The Balaban J connectivity index is 0.000000657. The van der Waals surface area contributed by atoms with Crippen LogP contribution in [0, 0.1) is 142 Å². The van der Waals surface area contributed by atoms with Crippen LogP contribution in [0.15, 0.2) is 0 Å². The fourth-order valence-electron chi connectivity index (χ4n) is 20.6. The summed E-state index contributed by atoms with van der Waals surface area (Å²) in [6.45, 7) is 108. The summed E-state index contributed by atoms with van der Waals surface area (Å²) in [5.74, 6) is 11.3. The molecule has 9 heteroatoms. The molecule has 8 aliphatic rings. The molecule has 8 fully saturated rings. The van der Waals surface area contributed by atoms with Gasteiger partial charge in [-0.05, 0) is 345 Å². The lowest BCUT2D eigenvalue weighted by molar-refractivity contribution is 0.0787. The molecule has 5 saturated heterocycles. The van der Waals surface area contributed by atoms with Gasteiger partial charge in [-0.2, -0.15) is 0 Å². The smallest absolute Gasteiger partial charge is 0.153 e. The molecule has 5 heterocycles. The number of sulfone groups is 2. The lowest BCUT2D eigenvalue weighted by Gasteiger charge is -2.42. The minimum atomic E-state index is -2.86. The molecule has 7 nitrogen and oxygen atoms in total. The summed E-state index contributed by atoms with van der Waals surface area (Å²) in [5, 5.41) is -0.101. The van der Waals surface area contributed by atoms with Crippen LogP contribution in [0.2, 0.25) is 0 Å². The molecule has 3 aliphatic carbocycles. The van der Waals surface area contributed by atoms with E-state index in [9.17, 15) is 16.8 Å². The van der Waals surface area contributed by atoms with Crippen LogP contribution < -0.4 is 0 Å². The SMILES string of the molecule is CC(C)(C)C1CCCC(C(C)(C)C)C1.CC(C)(C)C1CCCC(C(C)(C)C)CC1.CC(C)(C)C1CCCC(C(C)(C)C)CC1.CC(C)C1CC(C(C)(C)C)CS(=O)(=O)C1.CC(C)C1CCC(C(C)(C)C)CS1(=O)=O.CC(C)N1CCCC(C(C)(C)C)C1.CC(C)N1CCCC(C(C)(C)C)CC1.CC(C)N1CCCCC(C(C)(C)C)C1. The average molecular weight is 1660 g/mol. The third-order valence-electron chi connectivity index (χ3n) is 31.1. The Morgan fingerprint density at radius 2 is 0.496 bits per heavy atom. The molecule has 0 N–H and O–H groups in total. The summed E-state index contributed by atoms with van der Waals surface area (Å²) in [4.78, 5) is 7.91. The first-order chi connectivity index (χ1) is 51.6. The van der Waals surface area contributed by atoms with Gasteiger partial charge >= 0.3 is 0 Å². The second-order valence-electron chi connectivity index (χ2n) is 53.3. The maximum Gasteiger partial charge on any atom is 0.153 e. The highest BCUT2D eigenvalue weighted by Gasteiger charge is 2.43. The van der Waals surface area contributed by atoms with Gasteiger partial charge in [-0.3, -0.25) is 0 Å². The molecular formula is C106H215N3O4S2. The molecule has 13 atom stereocenters. The molecule has 0 aromatic carbocycles. The van der Waals surface area contributed by atoms with E-state index >= 15 is 0 Å². The standard InChI is InChI=1S/2C15H30.C14H28.2C13H27N.C12H25N.2C12H24O2S/c2*1-14(2,3)12-8-7-9-13(11-10-12)15(4,5)6;1-13(2,3)11-8-7-9-12(10-11)14(4,5)6;1-11(2)14-9-6-7-12(8-10-14)13(3,4)5;1-11(2)14-9-7-6-8-12(10-14)13(3,4)5;1-10(2)13-8-6-7-11(9-13)12(3,4)5;1-9(2)10-6-11(12(3,4)5)8-15(13,14)7-10;1-9(2)11-7-6-10(12(3,4)5)8-15(11,13)14/h2*12-13H,7-11H2,1-6H3;11-12H,7-10H2,1-6H3;2*11-12H,6-10H2,1-5H3;10-11H,6-9H2,1-5H3;2*9-11H,6-8H2,1-5H3. The number of rotatable bonds is 5. The molecule has 5 aliphatic heterocycles. The second kappa shape index (κ2) is 47.4. The fraction of sp³-hybridized carbons (Fsp3) is 1.00. The van der Waals surface area contributed by atoms with Crippen LogP contribution in [0.5, 0.6) is 0 Å². The van der Waals surface area contributed by atoms with Crippen molar-refractivity contribution < 1.29 is 16.8 Å². The van der Waals surface area contributed by atoms with E-state index in [1.54, 1.807) is 0 Å². The Kier molecular flexibility index (Phi) is 46.5. The Bertz CT molecular complexity index is 2710. The van der Waals surface area contributed by atoms with E-state index in [4.69, 9.17) is 0 Å². The average Bonchev–Trinajstić information content (AvgIpc) is 1.40. The van der Waals surface area contributed by atoms with Gasteiger partial charge in [0.05, 0.1) is 22.5 Å². The summed E-state index contributed by atoms with van der Waals surface area (Å²) in [6, 6.07) is 2.18. The highest BCUT2D eigenvalue weighted by Crippen LogP contribution is 2.49. The van der Waals surface area contributed by atoms with E-state index in [2.05, 4.69) is 299 Å². The molecule has 0 radical (unpaired) electrons. The van der Waals surface area contributed by atoms with Gasteiger partial charge in [0.1, 0.15) is 0 Å². The van der Waals surface area contributed by atoms with E-state index < -0.39 is 19.7 Å². The van der Waals surface area contributed by atoms with Crippen LogP contribution >= 0.6 is 0 Å². The Labute approximate surface area is 727 Å². The van der Waals surface area contributed by atoms with E-state index in [0.29, 0.717) is 89.7 Å². The number of nitrogens with zero attached hydrogens (tertiary/aromatic N) is 3. The van der Waals surface area contributed by atoms with Crippen molar-refractivity contribution in [2.24, 2.45) is 142 Å². The summed E-state index contributed by atoms with van der Waals surface area (Å²) in [6.07, 6.45) is 34.6. The van der Waals surface area contributed by atoms with E-state index in [1.165, 1.54) is 181 Å². The van der Waals surface area contributed by atoms with E-state index in [-0.39, 0.29) is 22.0 Å². The van der Waals surface area contributed by atoms with Gasteiger partial charge in [-0.1, -0.05) is 282 Å². The quantitative estimate of drug-likeness (QED) is 0.254. The van der Waals surface area contributed by atoms with Gasteiger partial charge in [0.2, 0.25) is 0 Å². The molecule has 0 amide bonds. The lowest BCUT2D eigenvalue weighted by Crippen LogP contribution is -2.43. The van der Waals surface area contributed by atoms with Crippen LogP contribution in [0.3, 0.4) is 0 Å². The molecular weight excluding hydrogens is 1440 g/mol. The minimum Gasteiger partial charge on any atom is -0.301 e. The Morgan fingerprint density at radius 1 is 0.226 bits per heavy atom. The van der Waals surface area contributed by atoms with Crippen LogP contribution in [0.25, 0.3) is 0 Å². The first-order valence-electron chi connectivity index (χ1n) is 49.3. The topological polar surface area (TPSA) is 78.0 Å². The zero-order valence-corrected chi connectivity index (χ0v) is 88.4. The molecule has 13 unspecified atom stereocenters. The predicted molar refractivity (Wildman–Crippen MR) is 517 cm³/mol. The molecule has 115 heavy (non-hydrogen) atoms. The Morgan fingerprint density at radius 3 is 0.791 bits per heavy atom. The third-order valence-corrected chi connectivity index (χ3v) is 35.5. The molecule has 8 rings (SSSR count). The molecule has 3 saturated carbocycles. The highest BCUT2D eigenvalue weighted by molar-refractivity contribution is 7.92. The molecule has 690 valence electrons.